The molecule has 1 aromatic rings. The maximum atomic E-state index is 12.3. The van der Waals surface area contributed by atoms with E-state index in [0.717, 1.165) is 12.8 Å². The third-order valence-corrected chi connectivity index (χ3v) is 3.30. The molecule has 0 aliphatic carbocycles. The molecule has 0 bridgehead atoms. The summed E-state index contributed by atoms with van der Waals surface area (Å²) in [6, 6.07) is 3.61. The molecular formula is C13H20ClN3O. The van der Waals surface area contributed by atoms with Gasteiger partial charge in [-0.1, -0.05) is 24.9 Å². The van der Waals surface area contributed by atoms with Crippen LogP contribution < -0.4 is 5.32 Å². The highest BCUT2D eigenvalue weighted by Crippen LogP contribution is 2.19. The first-order valence-electron chi connectivity index (χ1n) is 6.12. The van der Waals surface area contributed by atoms with Crippen molar-refractivity contribution in [1.29, 1.82) is 0 Å². The second-order valence-electron chi connectivity index (χ2n) is 4.33. The molecular weight excluding hydrogens is 250 g/mol. The summed E-state index contributed by atoms with van der Waals surface area (Å²) in [5.41, 5.74) is 0.300. The largest absolute Gasteiger partial charge is 0.373 e. The molecule has 5 heteroatoms. The summed E-state index contributed by atoms with van der Waals surface area (Å²) in [5.74, 6) is 0.498. The molecule has 1 atom stereocenters. The average Bonchev–Trinajstić information content (AvgIpc) is 2.38. The molecule has 0 fully saturated rings. The monoisotopic (exact) mass is 269 g/mol. The highest BCUT2D eigenvalue weighted by atomic mass is 35.5. The van der Waals surface area contributed by atoms with Crippen LogP contribution in [0, 0.1) is 0 Å². The number of nitrogens with one attached hydrogen (secondary N) is 1. The topological polar surface area (TPSA) is 45.2 Å². The molecule has 100 valence electrons. The Morgan fingerprint density at radius 3 is 2.78 bits per heavy atom. The normalized spacial score (nSPS) is 12.1. The van der Waals surface area contributed by atoms with Gasteiger partial charge in [0.05, 0.1) is 5.02 Å². The number of carbonyl (C=O) groups excluding carboxylic acids is 1. The lowest BCUT2D eigenvalue weighted by atomic mass is 10.1. The van der Waals surface area contributed by atoms with Gasteiger partial charge < -0.3 is 10.2 Å². The van der Waals surface area contributed by atoms with Crippen molar-refractivity contribution >= 4 is 23.3 Å². The highest BCUT2D eigenvalue weighted by Gasteiger charge is 2.20. The van der Waals surface area contributed by atoms with Crippen LogP contribution in [-0.4, -0.2) is 35.9 Å². The highest BCUT2D eigenvalue weighted by molar-refractivity contribution is 6.33. The van der Waals surface area contributed by atoms with Crippen molar-refractivity contribution in [1.82, 2.24) is 9.88 Å². The second-order valence-corrected chi connectivity index (χ2v) is 4.74. The number of amides is 1. The zero-order valence-corrected chi connectivity index (χ0v) is 12.1. The van der Waals surface area contributed by atoms with Gasteiger partial charge in [-0.05, 0) is 25.5 Å². The number of aromatic nitrogens is 1. The Balaban J connectivity index is 2.95. The van der Waals surface area contributed by atoms with E-state index in [0.29, 0.717) is 16.5 Å². The Morgan fingerprint density at radius 2 is 2.22 bits per heavy atom. The molecule has 0 aliphatic rings. The number of carbonyl (C=O) groups is 1. The van der Waals surface area contributed by atoms with E-state index in [2.05, 4.69) is 17.2 Å². The minimum Gasteiger partial charge on any atom is -0.373 e. The van der Waals surface area contributed by atoms with E-state index in [1.165, 1.54) is 0 Å². The first kappa shape index (κ1) is 14.8. The standard InChI is InChI=1S/C13H20ClN3O/c1-5-6-9(2)17(4)13(18)12-10(14)7-8-11(15-3)16-12/h7-9H,5-6H2,1-4H3,(H,15,16). The molecule has 4 nitrogen and oxygen atoms in total. The van der Waals surface area contributed by atoms with Gasteiger partial charge in [0, 0.05) is 20.1 Å². The molecule has 1 amide bonds. The number of hydrogen-bond acceptors (Lipinski definition) is 3. The zero-order chi connectivity index (χ0) is 13.7. The van der Waals surface area contributed by atoms with Crippen molar-refractivity contribution in [2.45, 2.75) is 32.7 Å². The fraction of sp³-hybridized carbons (Fsp3) is 0.538. The summed E-state index contributed by atoms with van der Waals surface area (Å²) in [4.78, 5) is 18.2. The fourth-order valence-corrected chi connectivity index (χ4v) is 1.90. The summed E-state index contributed by atoms with van der Waals surface area (Å²) in [6.45, 7) is 4.12. The van der Waals surface area contributed by atoms with Crippen molar-refractivity contribution in [3.05, 3.63) is 22.8 Å². The van der Waals surface area contributed by atoms with Gasteiger partial charge in [0.1, 0.15) is 11.5 Å². The number of pyridine rings is 1. The van der Waals surface area contributed by atoms with Crippen LogP contribution in [-0.2, 0) is 0 Å². The lowest BCUT2D eigenvalue weighted by molar-refractivity contribution is 0.0731. The van der Waals surface area contributed by atoms with Gasteiger partial charge in [0.25, 0.3) is 5.91 Å². The van der Waals surface area contributed by atoms with Crippen LogP contribution in [0.2, 0.25) is 5.02 Å². The van der Waals surface area contributed by atoms with Crippen LogP contribution in [0.1, 0.15) is 37.2 Å². The molecule has 0 aliphatic heterocycles. The molecule has 1 unspecified atom stereocenters. The number of nitrogens with zero attached hydrogens (tertiary/aromatic N) is 2. The van der Waals surface area contributed by atoms with Gasteiger partial charge in [-0.15, -0.1) is 0 Å². The Kier molecular flexibility index (Phi) is 5.41. The summed E-state index contributed by atoms with van der Waals surface area (Å²) < 4.78 is 0. The van der Waals surface area contributed by atoms with Crippen LogP contribution in [0.15, 0.2) is 12.1 Å². The molecule has 0 saturated carbocycles. The molecule has 0 radical (unpaired) electrons. The quantitative estimate of drug-likeness (QED) is 0.894. The molecule has 1 N–H and O–H groups in total. The lowest BCUT2D eigenvalue weighted by Gasteiger charge is -2.24. The molecule has 0 aromatic carbocycles. The molecule has 1 aromatic heterocycles. The van der Waals surface area contributed by atoms with Crippen LogP contribution >= 0.6 is 11.6 Å². The number of halogens is 1. The summed E-state index contributed by atoms with van der Waals surface area (Å²) in [5, 5.41) is 3.29. The number of rotatable bonds is 5. The smallest absolute Gasteiger partial charge is 0.274 e. The van der Waals surface area contributed by atoms with E-state index in [4.69, 9.17) is 11.6 Å². The Labute approximate surface area is 113 Å². The fourth-order valence-electron chi connectivity index (χ4n) is 1.71. The van der Waals surface area contributed by atoms with Crippen molar-refractivity contribution in [3.8, 4) is 0 Å². The predicted octanol–water partition coefficient (Wildman–Crippen LogP) is 3.04. The Morgan fingerprint density at radius 1 is 1.56 bits per heavy atom. The Bertz CT molecular complexity index is 423. The van der Waals surface area contributed by atoms with Crippen molar-refractivity contribution in [2.24, 2.45) is 0 Å². The average molecular weight is 270 g/mol. The molecule has 1 rings (SSSR count). The molecule has 0 spiro atoms. The van der Waals surface area contributed by atoms with Crippen LogP contribution in [0.25, 0.3) is 0 Å². The van der Waals surface area contributed by atoms with Gasteiger partial charge in [-0.2, -0.15) is 0 Å². The van der Waals surface area contributed by atoms with E-state index >= 15 is 0 Å². The predicted molar refractivity (Wildman–Crippen MR) is 75.3 cm³/mol. The van der Waals surface area contributed by atoms with Crippen molar-refractivity contribution in [3.63, 3.8) is 0 Å². The third-order valence-electron chi connectivity index (χ3n) is 2.99. The summed E-state index contributed by atoms with van der Waals surface area (Å²) in [7, 11) is 3.54. The molecule has 1 heterocycles. The first-order chi connectivity index (χ1) is 8.51. The van der Waals surface area contributed by atoms with Crippen LogP contribution in [0.4, 0.5) is 5.82 Å². The van der Waals surface area contributed by atoms with Crippen LogP contribution in [0.5, 0.6) is 0 Å². The number of hydrogen-bond donors (Lipinski definition) is 1. The van der Waals surface area contributed by atoms with Crippen molar-refractivity contribution < 1.29 is 4.79 Å². The van der Waals surface area contributed by atoms with Crippen molar-refractivity contribution in [2.75, 3.05) is 19.4 Å². The van der Waals surface area contributed by atoms with Crippen LogP contribution in [0.3, 0.4) is 0 Å². The number of anilines is 1. The third kappa shape index (κ3) is 3.35. The maximum absolute atomic E-state index is 12.3. The lowest BCUT2D eigenvalue weighted by Crippen LogP contribution is -2.35. The van der Waals surface area contributed by atoms with E-state index < -0.39 is 0 Å². The second kappa shape index (κ2) is 6.59. The minimum atomic E-state index is -0.141. The first-order valence-corrected chi connectivity index (χ1v) is 6.50. The minimum absolute atomic E-state index is 0.141. The SMILES string of the molecule is CCCC(C)N(C)C(=O)c1nc(NC)ccc1Cl. The van der Waals surface area contributed by atoms with Gasteiger partial charge in [0.15, 0.2) is 0 Å². The van der Waals surface area contributed by atoms with E-state index in [9.17, 15) is 4.79 Å². The zero-order valence-electron chi connectivity index (χ0n) is 11.3. The van der Waals surface area contributed by atoms with Gasteiger partial charge in [-0.3, -0.25) is 4.79 Å². The van der Waals surface area contributed by atoms with E-state index in [-0.39, 0.29) is 11.9 Å². The van der Waals surface area contributed by atoms with Gasteiger partial charge in [-0.25, -0.2) is 4.98 Å². The van der Waals surface area contributed by atoms with Gasteiger partial charge >= 0.3 is 0 Å². The van der Waals surface area contributed by atoms with E-state index in [1.54, 1.807) is 31.1 Å². The van der Waals surface area contributed by atoms with E-state index in [1.807, 2.05) is 6.92 Å². The Hall–Kier alpha value is -1.29. The van der Waals surface area contributed by atoms with Gasteiger partial charge in [0.2, 0.25) is 0 Å². The summed E-state index contributed by atoms with van der Waals surface area (Å²) >= 11 is 6.04. The summed E-state index contributed by atoms with van der Waals surface area (Å²) in [6.07, 6.45) is 2.00. The maximum Gasteiger partial charge on any atom is 0.274 e. The molecule has 0 saturated heterocycles. The molecule has 18 heavy (non-hydrogen) atoms.